The van der Waals surface area contributed by atoms with Gasteiger partial charge in [0.25, 0.3) is 0 Å². The SMILES string of the molecule is Cc1ccc(N2C[C@H](C(=O)O[C@H](CCCl)C(=O)c3ccc(Cl)cc3)CC2=O)cc1C. The Morgan fingerprint density at radius 1 is 1.13 bits per heavy atom. The minimum Gasteiger partial charge on any atom is -0.454 e. The summed E-state index contributed by atoms with van der Waals surface area (Å²) in [5.41, 5.74) is 3.35. The average Bonchev–Trinajstić information content (AvgIpc) is 3.11. The molecule has 0 bridgehead atoms. The summed E-state index contributed by atoms with van der Waals surface area (Å²) < 4.78 is 5.51. The van der Waals surface area contributed by atoms with E-state index in [0.717, 1.165) is 16.8 Å². The maximum atomic E-state index is 12.8. The Kier molecular flexibility index (Phi) is 7.16. The summed E-state index contributed by atoms with van der Waals surface area (Å²) in [6.45, 7) is 4.20. The molecule has 3 rings (SSSR count). The molecule has 1 heterocycles. The summed E-state index contributed by atoms with van der Waals surface area (Å²) in [5.74, 6) is -1.51. The van der Waals surface area contributed by atoms with Crippen LogP contribution in [0.25, 0.3) is 0 Å². The molecule has 0 unspecified atom stereocenters. The van der Waals surface area contributed by atoms with Crippen LogP contribution >= 0.6 is 23.2 Å². The number of benzene rings is 2. The number of nitrogens with zero attached hydrogens (tertiary/aromatic N) is 1. The van der Waals surface area contributed by atoms with E-state index in [1.807, 2.05) is 32.0 Å². The van der Waals surface area contributed by atoms with Crippen LogP contribution in [0.2, 0.25) is 5.02 Å². The van der Waals surface area contributed by atoms with Crippen molar-refractivity contribution in [3.05, 3.63) is 64.2 Å². The van der Waals surface area contributed by atoms with Crippen LogP contribution in [0.4, 0.5) is 5.69 Å². The van der Waals surface area contributed by atoms with Crippen molar-refractivity contribution in [3.8, 4) is 0 Å². The molecule has 7 heteroatoms. The topological polar surface area (TPSA) is 63.7 Å². The van der Waals surface area contributed by atoms with Crippen molar-refractivity contribution in [1.82, 2.24) is 0 Å². The first-order chi connectivity index (χ1) is 14.3. The maximum absolute atomic E-state index is 12.8. The molecule has 5 nitrogen and oxygen atoms in total. The van der Waals surface area contributed by atoms with Gasteiger partial charge in [-0.25, -0.2) is 0 Å². The molecule has 1 amide bonds. The van der Waals surface area contributed by atoms with Gasteiger partial charge in [-0.3, -0.25) is 14.4 Å². The van der Waals surface area contributed by atoms with Gasteiger partial charge in [-0.15, -0.1) is 11.6 Å². The van der Waals surface area contributed by atoms with E-state index in [4.69, 9.17) is 27.9 Å². The van der Waals surface area contributed by atoms with E-state index in [9.17, 15) is 14.4 Å². The van der Waals surface area contributed by atoms with Crippen molar-refractivity contribution in [2.75, 3.05) is 17.3 Å². The Hall–Kier alpha value is -2.37. The number of aryl methyl sites for hydroxylation is 2. The fraction of sp³-hybridized carbons (Fsp3) is 0.348. The number of halogens is 2. The summed E-state index contributed by atoms with van der Waals surface area (Å²) >= 11 is 11.7. The first-order valence-electron chi connectivity index (χ1n) is 9.74. The van der Waals surface area contributed by atoms with E-state index >= 15 is 0 Å². The zero-order valence-electron chi connectivity index (χ0n) is 16.9. The summed E-state index contributed by atoms with van der Waals surface area (Å²) in [6, 6.07) is 12.1. The van der Waals surface area contributed by atoms with E-state index in [2.05, 4.69) is 0 Å². The molecule has 0 aromatic heterocycles. The maximum Gasteiger partial charge on any atom is 0.312 e. The van der Waals surface area contributed by atoms with E-state index in [1.54, 1.807) is 29.2 Å². The zero-order chi connectivity index (χ0) is 21.8. The third kappa shape index (κ3) is 5.02. The van der Waals surface area contributed by atoms with Crippen LogP contribution in [0.1, 0.15) is 34.3 Å². The van der Waals surface area contributed by atoms with Gasteiger partial charge in [0.05, 0.1) is 5.92 Å². The summed E-state index contributed by atoms with van der Waals surface area (Å²) in [5, 5.41) is 0.508. The average molecular weight is 448 g/mol. The molecule has 2 atom stereocenters. The van der Waals surface area contributed by atoms with Crippen LogP contribution in [0, 0.1) is 19.8 Å². The number of carbonyl (C=O) groups excluding carboxylic acids is 3. The number of hydrogen-bond acceptors (Lipinski definition) is 4. The van der Waals surface area contributed by atoms with Crippen molar-refractivity contribution >= 4 is 46.5 Å². The number of amides is 1. The van der Waals surface area contributed by atoms with Gasteiger partial charge < -0.3 is 9.64 Å². The van der Waals surface area contributed by atoms with Gasteiger partial charge in [-0.05, 0) is 61.4 Å². The van der Waals surface area contributed by atoms with Crippen LogP contribution < -0.4 is 4.90 Å². The van der Waals surface area contributed by atoms with Crippen LogP contribution in [-0.4, -0.2) is 36.2 Å². The lowest BCUT2D eigenvalue weighted by Gasteiger charge is -2.20. The van der Waals surface area contributed by atoms with Crippen LogP contribution in [0.5, 0.6) is 0 Å². The molecular formula is C23H23Cl2NO4. The predicted molar refractivity (Wildman–Crippen MR) is 117 cm³/mol. The highest BCUT2D eigenvalue weighted by atomic mass is 35.5. The highest BCUT2D eigenvalue weighted by Crippen LogP contribution is 2.28. The quantitative estimate of drug-likeness (QED) is 0.349. The number of hydrogen-bond donors (Lipinski definition) is 0. The Morgan fingerprint density at radius 3 is 2.47 bits per heavy atom. The van der Waals surface area contributed by atoms with Crippen LogP contribution in [0.15, 0.2) is 42.5 Å². The fourth-order valence-electron chi connectivity index (χ4n) is 3.39. The summed E-state index contributed by atoms with van der Waals surface area (Å²) in [4.78, 5) is 39.6. The third-order valence-corrected chi connectivity index (χ3v) is 5.78. The molecule has 1 aliphatic heterocycles. The van der Waals surface area contributed by atoms with Crippen molar-refractivity contribution in [2.45, 2.75) is 32.8 Å². The molecule has 0 aliphatic carbocycles. The highest BCUT2D eigenvalue weighted by molar-refractivity contribution is 6.30. The largest absolute Gasteiger partial charge is 0.454 e. The lowest BCUT2D eigenvalue weighted by Crippen LogP contribution is -2.32. The lowest BCUT2D eigenvalue weighted by molar-refractivity contribution is -0.151. The number of esters is 1. The first-order valence-corrected chi connectivity index (χ1v) is 10.6. The zero-order valence-corrected chi connectivity index (χ0v) is 18.4. The second-order valence-electron chi connectivity index (χ2n) is 7.45. The van der Waals surface area contributed by atoms with Crippen molar-refractivity contribution in [1.29, 1.82) is 0 Å². The summed E-state index contributed by atoms with van der Waals surface area (Å²) in [7, 11) is 0. The number of Topliss-reactive ketones (excluding diaryl/α,β-unsaturated/α-hetero) is 1. The van der Waals surface area contributed by atoms with E-state index in [-0.39, 0.29) is 37.0 Å². The van der Waals surface area contributed by atoms with Gasteiger partial charge in [-0.2, -0.15) is 0 Å². The smallest absolute Gasteiger partial charge is 0.312 e. The van der Waals surface area contributed by atoms with Crippen molar-refractivity contribution in [2.24, 2.45) is 5.92 Å². The monoisotopic (exact) mass is 447 g/mol. The van der Waals surface area contributed by atoms with Gasteiger partial charge in [0.2, 0.25) is 11.7 Å². The molecule has 0 N–H and O–H groups in total. The number of ether oxygens (including phenoxy) is 1. The Labute approximate surface area is 185 Å². The normalized spacial score (nSPS) is 17.1. The molecule has 0 spiro atoms. The molecule has 30 heavy (non-hydrogen) atoms. The molecule has 0 radical (unpaired) electrons. The third-order valence-electron chi connectivity index (χ3n) is 5.31. The summed E-state index contributed by atoms with van der Waals surface area (Å²) in [6.07, 6.45) is -0.757. The van der Waals surface area contributed by atoms with Crippen molar-refractivity contribution < 1.29 is 19.1 Å². The number of ketones is 1. The second kappa shape index (κ2) is 9.63. The molecule has 1 aliphatic rings. The number of alkyl halides is 1. The minimum absolute atomic E-state index is 0.0501. The Bertz CT molecular complexity index is 958. The Morgan fingerprint density at radius 2 is 1.83 bits per heavy atom. The molecule has 158 valence electrons. The molecule has 1 saturated heterocycles. The van der Waals surface area contributed by atoms with Crippen molar-refractivity contribution in [3.63, 3.8) is 0 Å². The van der Waals surface area contributed by atoms with Gasteiger partial charge >= 0.3 is 5.97 Å². The van der Waals surface area contributed by atoms with E-state index in [1.165, 1.54) is 0 Å². The van der Waals surface area contributed by atoms with E-state index in [0.29, 0.717) is 10.6 Å². The van der Waals surface area contributed by atoms with Crippen LogP contribution in [-0.2, 0) is 14.3 Å². The minimum atomic E-state index is -0.998. The standard InChI is InChI=1S/C23H23Cl2NO4/c1-14-3-8-19(11-15(14)2)26-13-17(12-21(26)27)23(29)30-20(9-10-24)22(28)16-4-6-18(25)7-5-16/h3-8,11,17,20H,9-10,12-13H2,1-2H3/t17-,20-/m1/s1. The highest BCUT2D eigenvalue weighted by Gasteiger charge is 2.38. The molecular weight excluding hydrogens is 425 g/mol. The predicted octanol–water partition coefficient (Wildman–Crippen LogP) is 4.73. The van der Waals surface area contributed by atoms with E-state index < -0.39 is 18.0 Å². The van der Waals surface area contributed by atoms with Gasteiger partial charge in [0, 0.05) is 41.5 Å². The second-order valence-corrected chi connectivity index (χ2v) is 8.26. The number of carbonyl (C=O) groups is 3. The Balaban J connectivity index is 1.70. The number of anilines is 1. The fourth-order valence-corrected chi connectivity index (χ4v) is 3.71. The molecule has 0 saturated carbocycles. The van der Waals surface area contributed by atoms with Gasteiger partial charge in [-0.1, -0.05) is 17.7 Å². The van der Waals surface area contributed by atoms with Gasteiger partial charge in [0.15, 0.2) is 6.10 Å². The lowest BCUT2D eigenvalue weighted by atomic mass is 10.0. The first kappa shape index (κ1) is 22.3. The number of rotatable bonds is 7. The molecule has 2 aromatic rings. The molecule has 1 fully saturated rings. The van der Waals surface area contributed by atoms with Gasteiger partial charge in [0.1, 0.15) is 0 Å². The molecule has 2 aromatic carbocycles. The van der Waals surface area contributed by atoms with Crippen LogP contribution in [0.3, 0.4) is 0 Å².